The second kappa shape index (κ2) is 16.6. The number of nitrogens with two attached hydrogens (primary N) is 1. The van der Waals surface area contributed by atoms with E-state index in [0.29, 0.717) is 48.9 Å². The third-order valence-electron chi connectivity index (χ3n) is 10.1. The highest BCUT2D eigenvalue weighted by atomic mass is 19.4. The minimum absolute atomic E-state index is 0.0646. The van der Waals surface area contributed by atoms with Crippen molar-refractivity contribution in [2.45, 2.75) is 61.9 Å². The second-order valence-corrected chi connectivity index (χ2v) is 13.9. The van der Waals surface area contributed by atoms with Crippen molar-refractivity contribution < 1.29 is 42.5 Å². The summed E-state index contributed by atoms with van der Waals surface area (Å²) in [4.78, 5) is 46.1. The number of fused-ring (bicyclic) bond motifs is 1. The molecule has 2 aliphatic rings. The number of anilines is 2. The molecule has 1 aliphatic carbocycles. The number of halogens is 3. The highest BCUT2D eigenvalue weighted by Gasteiger charge is 2.51. The first kappa shape index (κ1) is 38.6. The Labute approximate surface area is 319 Å². The first-order chi connectivity index (χ1) is 27.0. The predicted octanol–water partition coefficient (Wildman–Crippen LogP) is 3.71. The molecule has 3 aromatic carbocycles. The fourth-order valence-corrected chi connectivity index (χ4v) is 7.21. The van der Waals surface area contributed by atoms with Gasteiger partial charge in [-0.2, -0.15) is 28.2 Å². The lowest BCUT2D eigenvalue weighted by Crippen LogP contribution is -2.50. The molecule has 0 radical (unpaired) electrons. The van der Waals surface area contributed by atoms with E-state index in [1.165, 1.54) is 10.9 Å². The number of hydrogen-bond acceptors (Lipinski definition) is 12. The minimum Gasteiger partial charge on any atom is -0.388 e. The van der Waals surface area contributed by atoms with Crippen molar-refractivity contribution in [3.63, 3.8) is 0 Å². The van der Waals surface area contributed by atoms with Crippen molar-refractivity contribution in [2.24, 2.45) is 5.73 Å². The number of nitrogens with zero attached hydrogens (tertiary/aromatic N) is 6. The number of aromatic nitrogens is 4. The van der Waals surface area contributed by atoms with Gasteiger partial charge in [0.05, 0.1) is 19.0 Å². The number of ether oxygens (including phenoxy) is 1. The molecule has 5 aromatic rings. The molecule has 56 heavy (non-hydrogen) atoms. The Bertz CT molecular complexity index is 2070. The fourth-order valence-electron chi connectivity index (χ4n) is 7.21. The zero-order chi connectivity index (χ0) is 39.4. The smallest absolute Gasteiger partial charge is 0.388 e. The molecule has 17 heteroatoms. The van der Waals surface area contributed by atoms with E-state index in [-0.39, 0.29) is 35.7 Å². The molecule has 0 bridgehead atoms. The topological polar surface area (TPSA) is 181 Å². The van der Waals surface area contributed by atoms with Crippen molar-refractivity contribution in [2.75, 3.05) is 36.5 Å². The predicted molar refractivity (Wildman–Crippen MR) is 198 cm³/mol. The number of hydroxylamine groups is 2. The summed E-state index contributed by atoms with van der Waals surface area (Å²) in [5.41, 5.74) is 9.63. The van der Waals surface area contributed by atoms with Crippen LogP contribution in [0, 0.1) is 0 Å². The summed E-state index contributed by atoms with van der Waals surface area (Å²) in [5, 5.41) is 26.3. The van der Waals surface area contributed by atoms with Gasteiger partial charge in [-0.3, -0.25) is 4.79 Å². The molecular weight excluding hydrogens is 733 g/mol. The lowest BCUT2D eigenvalue weighted by atomic mass is 9.91. The zero-order valence-corrected chi connectivity index (χ0v) is 30.1. The molecule has 5 atom stereocenters. The number of carbonyl (C=O) groups excluding carboxylic acids is 2. The Hall–Kier alpha value is -5.62. The van der Waals surface area contributed by atoms with Crippen molar-refractivity contribution in [3.8, 4) is 0 Å². The van der Waals surface area contributed by atoms with E-state index < -0.39 is 49.0 Å². The minimum atomic E-state index is -5.46. The molecule has 0 unspecified atom stereocenters. The number of aliphatic hydroxyl groups is 2. The van der Waals surface area contributed by atoms with Crippen LogP contribution < -0.4 is 16.0 Å². The summed E-state index contributed by atoms with van der Waals surface area (Å²) in [6.07, 6.45) is -7.21. The third kappa shape index (κ3) is 8.45. The summed E-state index contributed by atoms with van der Waals surface area (Å²) < 4.78 is 47.2. The molecule has 1 aliphatic heterocycles. The van der Waals surface area contributed by atoms with Crippen LogP contribution >= 0.6 is 0 Å². The Morgan fingerprint density at radius 2 is 1.59 bits per heavy atom. The van der Waals surface area contributed by atoms with Gasteiger partial charge in [0.15, 0.2) is 17.0 Å². The van der Waals surface area contributed by atoms with Crippen LogP contribution in [0.1, 0.15) is 41.5 Å². The van der Waals surface area contributed by atoms with E-state index in [2.05, 4.69) is 15.1 Å². The number of alkyl halides is 3. The Morgan fingerprint density at radius 1 is 0.946 bits per heavy atom. The largest absolute Gasteiger partial charge is 0.493 e. The molecule has 1 saturated carbocycles. The van der Waals surface area contributed by atoms with Crippen LogP contribution in [0.3, 0.4) is 0 Å². The van der Waals surface area contributed by atoms with Crippen molar-refractivity contribution >= 4 is 34.8 Å². The molecule has 2 aromatic heterocycles. The molecule has 7 rings (SSSR count). The number of amides is 1. The number of aliphatic hydroxyl groups excluding tert-OH is 2. The molecule has 14 nitrogen and oxygen atoms in total. The summed E-state index contributed by atoms with van der Waals surface area (Å²) in [7, 11) is 0. The standard InChI is InChI=1S/C39H41F3N8O6/c40-39(41,42)37(54)56-50(31(51)22-55-21-24-10-4-1-5-11-24)30-18-29(33(52)34(30)53)49-23-45-32-35(46-38(47-36(32)49)48-17-16-27(43)20-48)44-19-28(25-12-6-2-7-13-25)26-14-8-3-9-15-26/h1-15,23,27-30,33-34,52-53H,16-22,43H2,(H,44,46,47)/t27-,29-,30+,33+,34-/m1/s1. The molecule has 2 fully saturated rings. The lowest BCUT2D eigenvalue weighted by Gasteiger charge is -2.29. The lowest BCUT2D eigenvalue weighted by molar-refractivity contribution is -0.249. The van der Waals surface area contributed by atoms with Gasteiger partial charge in [-0.25, -0.2) is 9.78 Å². The van der Waals surface area contributed by atoms with Crippen LogP contribution in [0.4, 0.5) is 24.9 Å². The van der Waals surface area contributed by atoms with E-state index in [0.717, 1.165) is 11.1 Å². The molecule has 5 N–H and O–H groups in total. The summed E-state index contributed by atoms with van der Waals surface area (Å²) in [6.45, 7) is 0.626. The SMILES string of the molecule is N[C@@H]1CCN(c2nc(NCC(c3ccccc3)c3ccccc3)c3ncn([C@@H]4C[C@H](N(OC(=O)C(F)(F)F)C(=O)COCc5ccccc5)[C@@H](O)[C@H]4O)c3n2)C1. The van der Waals surface area contributed by atoms with Crippen LogP contribution in [0.5, 0.6) is 0 Å². The average molecular weight is 775 g/mol. The van der Waals surface area contributed by atoms with Gasteiger partial charge in [-0.15, -0.1) is 0 Å². The van der Waals surface area contributed by atoms with Crippen molar-refractivity contribution in [3.05, 3.63) is 114 Å². The normalized spacial score (nSPS) is 21.1. The van der Waals surface area contributed by atoms with Crippen LogP contribution in [0.25, 0.3) is 11.2 Å². The van der Waals surface area contributed by atoms with Gasteiger partial charge in [0.1, 0.15) is 24.9 Å². The van der Waals surface area contributed by atoms with Gasteiger partial charge in [0.25, 0.3) is 5.91 Å². The molecule has 3 heterocycles. The van der Waals surface area contributed by atoms with Crippen molar-refractivity contribution in [1.82, 2.24) is 24.6 Å². The van der Waals surface area contributed by atoms with E-state index in [1.807, 2.05) is 65.6 Å². The van der Waals surface area contributed by atoms with Crippen LogP contribution in [-0.4, -0.2) is 103 Å². The number of benzene rings is 3. The second-order valence-electron chi connectivity index (χ2n) is 13.9. The third-order valence-corrected chi connectivity index (χ3v) is 10.1. The first-order valence-electron chi connectivity index (χ1n) is 18.2. The number of hydrogen-bond donors (Lipinski definition) is 4. The van der Waals surface area contributed by atoms with Crippen molar-refractivity contribution in [1.29, 1.82) is 0 Å². The fraction of sp³-hybridized carbons (Fsp3) is 0.359. The average Bonchev–Trinajstić information content (AvgIpc) is 3.91. The zero-order valence-electron chi connectivity index (χ0n) is 30.1. The maximum absolute atomic E-state index is 13.4. The van der Waals surface area contributed by atoms with Gasteiger partial charge in [-0.1, -0.05) is 91.0 Å². The van der Waals surface area contributed by atoms with Gasteiger partial charge in [0, 0.05) is 31.6 Å². The Balaban J connectivity index is 1.19. The van der Waals surface area contributed by atoms with Crippen LogP contribution in [0.2, 0.25) is 0 Å². The molecule has 1 amide bonds. The van der Waals surface area contributed by atoms with E-state index in [9.17, 15) is 33.0 Å². The summed E-state index contributed by atoms with van der Waals surface area (Å²) in [5.74, 6) is -3.20. The summed E-state index contributed by atoms with van der Waals surface area (Å²) in [6, 6.07) is 25.9. The quantitative estimate of drug-likeness (QED) is 0.135. The number of imidazole rings is 1. The van der Waals surface area contributed by atoms with Gasteiger partial charge >= 0.3 is 12.1 Å². The number of rotatable bonds is 12. The van der Waals surface area contributed by atoms with Gasteiger partial charge in [0.2, 0.25) is 5.95 Å². The van der Waals surface area contributed by atoms with Gasteiger partial charge in [-0.05, 0) is 29.5 Å². The molecular formula is C39H41F3N8O6. The maximum Gasteiger partial charge on any atom is 0.493 e. The van der Waals surface area contributed by atoms with E-state index in [1.54, 1.807) is 30.3 Å². The highest BCUT2D eigenvalue weighted by molar-refractivity contribution is 5.85. The molecule has 1 saturated heterocycles. The molecule has 294 valence electrons. The van der Waals surface area contributed by atoms with E-state index >= 15 is 0 Å². The Kier molecular flexibility index (Phi) is 11.5. The monoisotopic (exact) mass is 774 g/mol. The Morgan fingerprint density at radius 3 is 2.20 bits per heavy atom. The maximum atomic E-state index is 13.4. The molecule has 0 spiro atoms. The van der Waals surface area contributed by atoms with Crippen LogP contribution in [-0.2, 0) is 25.8 Å². The number of carbonyl (C=O) groups is 2. The van der Waals surface area contributed by atoms with Crippen LogP contribution in [0.15, 0.2) is 97.3 Å². The highest BCUT2D eigenvalue weighted by Crippen LogP contribution is 2.38. The summed E-state index contributed by atoms with van der Waals surface area (Å²) >= 11 is 0. The first-order valence-corrected chi connectivity index (χ1v) is 18.2. The van der Waals surface area contributed by atoms with Gasteiger partial charge < -0.3 is 40.3 Å². The van der Waals surface area contributed by atoms with E-state index in [4.69, 9.17) is 20.4 Å². The number of nitrogens with one attached hydrogen (secondary N) is 1.